The van der Waals surface area contributed by atoms with Crippen LogP contribution in [0.25, 0.3) is 5.65 Å². The minimum absolute atomic E-state index is 0.0628. The van der Waals surface area contributed by atoms with Gasteiger partial charge < -0.3 is 15.8 Å². The van der Waals surface area contributed by atoms with Gasteiger partial charge in [-0.05, 0) is 73.9 Å². The molecule has 4 rings (SSSR count). The number of benzene rings is 1. The van der Waals surface area contributed by atoms with Crippen molar-refractivity contribution < 1.29 is 22.7 Å². The fraction of sp³-hybridized carbons (Fsp3) is 0.320. The SMILES string of the molecule is CCc1nc2ccc(Cl)cn2c1C(=O)NCC1CCCC(=Nc2ccc(OC(F)(F)F)cc2)C1=CN. The molecule has 2 heterocycles. The Morgan fingerprint density at radius 1 is 1.31 bits per heavy atom. The lowest BCUT2D eigenvalue weighted by molar-refractivity contribution is -0.274. The molecule has 2 aromatic heterocycles. The van der Waals surface area contributed by atoms with Crippen LogP contribution in [0.3, 0.4) is 0 Å². The average molecular weight is 520 g/mol. The number of amides is 1. The number of halogens is 4. The van der Waals surface area contributed by atoms with Gasteiger partial charge in [0.1, 0.15) is 17.1 Å². The summed E-state index contributed by atoms with van der Waals surface area (Å²) in [5.74, 6) is -0.639. The Hall–Kier alpha value is -3.53. The van der Waals surface area contributed by atoms with E-state index in [9.17, 15) is 18.0 Å². The third kappa shape index (κ3) is 5.81. The molecule has 7 nitrogen and oxygen atoms in total. The summed E-state index contributed by atoms with van der Waals surface area (Å²) in [7, 11) is 0. The van der Waals surface area contributed by atoms with Gasteiger partial charge in [0.15, 0.2) is 0 Å². The molecule has 1 fully saturated rings. The minimum atomic E-state index is -4.75. The highest BCUT2D eigenvalue weighted by atomic mass is 35.5. The molecule has 1 atom stereocenters. The van der Waals surface area contributed by atoms with Crippen molar-refractivity contribution in [3.8, 4) is 5.75 Å². The highest BCUT2D eigenvalue weighted by Crippen LogP contribution is 2.30. The van der Waals surface area contributed by atoms with Gasteiger partial charge in [-0.15, -0.1) is 13.2 Å². The lowest BCUT2D eigenvalue weighted by Crippen LogP contribution is -2.34. The van der Waals surface area contributed by atoms with Crippen LogP contribution >= 0.6 is 11.6 Å². The number of hydrogen-bond acceptors (Lipinski definition) is 5. The van der Waals surface area contributed by atoms with Crippen molar-refractivity contribution in [3.63, 3.8) is 0 Å². The van der Waals surface area contributed by atoms with Crippen molar-refractivity contribution >= 4 is 34.6 Å². The van der Waals surface area contributed by atoms with E-state index in [1.54, 1.807) is 22.7 Å². The summed E-state index contributed by atoms with van der Waals surface area (Å²) in [5, 5.41) is 3.50. The second-order valence-electron chi connectivity index (χ2n) is 8.36. The van der Waals surface area contributed by atoms with Gasteiger partial charge in [-0.25, -0.2) is 4.98 Å². The monoisotopic (exact) mass is 519 g/mol. The molecule has 1 aromatic carbocycles. The van der Waals surface area contributed by atoms with Gasteiger partial charge in [0.25, 0.3) is 5.91 Å². The molecule has 1 aliphatic carbocycles. The number of hydrogen-bond donors (Lipinski definition) is 2. The molecule has 0 radical (unpaired) electrons. The van der Waals surface area contributed by atoms with Crippen LogP contribution in [0, 0.1) is 5.92 Å². The number of carbonyl (C=O) groups is 1. The molecular weight excluding hydrogens is 495 g/mol. The summed E-state index contributed by atoms with van der Waals surface area (Å²) in [6.07, 6.45) is 1.29. The zero-order valence-electron chi connectivity index (χ0n) is 19.5. The summed E-state index contributed by atoms with van der Waals surface area (Å²) >= 11 is 6.13. The number of nitrogens with zero attached hydrogens (tertiary/aromatic N) is 3. The lowest BCUT2D eigenvalue weighted by Gasteiger charge is -2.27. The van der Waals surface area contributed by atoms with Gasteiger partial charge in [-0.1, -0.05) is 18.5 Å². The quantitative estimate of drug-likeness (QED) is 0.443. The molecule has 0 bridgehead atoms. The highest BCUT2D eigenvalue weighted by Gasteiger charge is 2.31. The second kappa shape index (κ2) is 10.6. The van der Waals surface area contributed by atoms with Gasteiger partial charge >= 0.3 is 6.36 Å². The molecular formula is C25H25ClF3N5O2. The molecule has 36 heavy (non-hydrogen) atoms. The normalized spacial score (nSPS) is 18.6. The van der Waals surface area contributed by atoms with Crippen LogP contribution in [0.1, 0.15) is 42.4 Å². The number of aromatic nitrogens is 2. The first-order chi connectivity index (χ1) is 17.2. The van der Waals surface area contributed by atoms with E-state index in [1.165, 1.54) is 30.5 Å². The molecule has 190 valence electrons. The molecule has 1 unspecified atom stereocenters. The Morgan fingerprint density at radius 3 is 2.72 bits per heavy atom. The van der Waals surface area contributed by atoms with Gasteiger partial charge in [0, 0.05) is 24.4 Å². The van der Waals surface area contributed by atoms with E-state index in [0.29, 0.717) is 47.1 Å². The number of nitrogens with one attached hydrogen (secondary N) is 1. The highest BCUT2D eigenvalue weighted by molar-refractivity contribution is 6.30. The zero-order valence-corrected chi connectivity index (χ0v) is 20.2. The van der Waals surface area contributed by atoms with Crippen molar-refractivity contribution in [2.45, 2.75) is 39.0 Å². The molecule has 0 saturated heterocycles. The molecule has 1 saturated carbocycles. The van der Waals surface area contributed by atoms with Crippen LogP contribution in [0.4, 0.5) is 18.9 Å². The maximum atomic E-state index is 13.2. The second-order valence-corrected chi connectivity index (χ2v) is 8.79. The van der Waals surface area contributed by atoms with E-state index in [2.05, 4.69) is 20.0 Å². The molecule has 1 aliphatic rings. The van der Waals surface area contributed by atoms with Gasteiger partial charge in [0.2, 0.25) is 0 Å². The third-order valence-corrected chi connectivity index (χ3v) is 6.19. The van der Waals surface area contributed by atoms with Gasteiger partial charge in [-0.3, -0.25) is 14.2 Å². The molecule has 1 amide bonds. The molecule has 3 N–H and O–H groups in total. The minimum Gasteiger partial charge on any atom is -0.406 e. The number of aryl methyl sites for hydroxylation is 1. The molecule has 0 spiro atoms. The van der Waals surface area contributed by atoms with Crippen molar-refractivity contribution in [1.29, 1.82) is 0 Å². The predicted octanol–water partition coefficient (Wildman–Crippen LogP) is 5.59. The molecule has 11 heteroatoms. The first-order valence-corrected chi connectivity index (χ1v) is 11.9. The fourth-order valence-corrected chi connectivity index (χ4v) is 4.51. The third-order valence-electron chi connectivity index (χ3n) is 5.97. The van der Waals surface area contributed by atoms with Crippen LogP contribution in [-0.4, -0.2) is 33.9 Å². The Labute approximate surface area is 210 Å². The standard InChI is InChI=1S/C25H25ClF3N5O2/c1-2-20-23(34-14-16(26)6-11-22(34)33-20)24(35)31-13-15-4-3-5-21(19(15)12-30)32-17-7-9-18(10-8-17)36-25(27,28)29/h6-12,14-15H,2-5,13,30H2,1H3,(H,31,35). The number of ether oxygens (including phenoxy) is 1. The summed E-state index contributed by atoms with van der Waals surface area (Å²) in [4.78, 5) is 22.3. The number of pyridine rings is 1. The molecule has 3 aromatic rings. The van der Waals surface area contributed by atoms with Crippen LogP contribution in [0.15, 0.2) is 59.4 Å². The predicted molar refractivity (Wildman–Crippen MR) is 132 cm³/mol. The van der Waals surface area contributed by atoms with Crippen molar-refractivity contribution in [1.82, 2.24) is 14.7 Å². The number of nitrogens with two attached hydrogens (primary N) is 1. The summed E-state index contributed by atoms with van der Waals surface area (Å²) < 4.78 is 42.8. The number of fused-ring (bicyclic) bond motifs is 1. The smallest absolute Gasteiger partial charge is 0.406 e. The number of alkyl halides is 3. The van der Waals surface area contributed by atoms with E-state index in [4.69, 9.17) is 17.3 Å². The van der Waals surface area contributed by atoms with Crippen LogP contribution < -0.4 is 15.8 Å². The largest absolute Gasteiger partial charge is 0.573 e. The number of aliphatic imine (C=N–C) groups is 1. The van der Waals surface area contributed by atoms with Gasteiger partial charge in [-0.2, -0.15) is 0 Å². The van der Waals surface area contributed by atoms with E-state index < -0.39 is 6.36 Å². The maximum absolute atomic E-state index is 13.2. The number of carbonyl (C=O) groups excluding carboxylic acids is 1. The molecule has 0 aliphatic heterocycles. The van der Waals surface area contributed by atoms with E-state index >= 15 is 0 Å². The zero-order chi connectivity index (χ0) is 25.9. The van der Waals surface area contributed by atoms with Crippen LogP contribution in [0.2, 0.25) is 5.02 Å². The maximum Gasteiger partial charge on any atom is 0.573 e. The topological polar surface area (TPSA) is 94.0 Å². The average Bonchev–Trinajstić information content (AvgIpc) is 3.20. The fourth-order valence-electron chi connectivity index (χ4n) is 4.35. The lowest BCUT2D eigenvalue weighted by atomic mass is 9.83. The van der Waals surface area contributed by atoms with Crippen molar-refractivity contribution in [3.05, 3.63) is 70.8 Å². The van der Waals surface area contributed by atoms with Crippen LogP contribution in [0.5, 0.6) is 5.75 Å². The summed E-state index contributed by atoms with van der Waals surface area (Å²) in [6, 6.07) is 8.83. The van der Waals surface area contributed by atoms with Crippen LogP contribution in [-0.2, 0) is 6.42 Å². The van der Waals surface area contributed by atoms with Gasteiger partial charge in [0.05, 0.1) is 16.4 Å². The Balaban J connectivity index is 1.49. The Kier molecular flexibility index (Phi) is 7.53. The summed E-state index contributed by atoms with van der Waals surface area (Å²) in [6.45, 7) is 2.28. The number of rotatable bonds is 6. The first kappa shape index (κ1) is 25.6. The van der Waals surface area contributed by atoms with E-state index in [-0.39, 0.29) is 17.6 Å². The van der Waals surface area contributed by atoms with Crippen molar-refractivity contribution in [2.24, 2.45) is 16.6 Å². The van der Waals surface area contributed by atoms with Crippen molar-refractivity contribution in [2.75, 3.05) is 6.54 Å². The Bertz CT molecular complexity index is 1320. The number of imidazole rings is 1. The van der Waals surface area contributed by atoms with E-state index in [0.717, 1.165) is 24.1 Å². The van der Waals surface area contributed by atoms with E-state index in [1.807, 2.05) is 6.92 Å². The Morgan fingerprint density at radius 2 is 2.06 bits per heavy atom. The first-order valence-electron chi connectivity index (χ1n) is 11.5. The summed E-state index contributed by atoms with van der Waals surface area (Å²) in [5.41, 5.74) is 9.72.